The number of hydrogen-bond acceptors (Lipinski definition) is 1. The lowest BCUT2D eigenvalue weighted by Gasteiger charge is -2.20. The van der Waals surface area contributed by atoms with E-state index >= 15 is 0 Å². The average Bonchev–Trinajstić information content (AvgIpc) is 2.43. The zero-order valence-corrected chi connectivity index (χ0v) is 12.7. The maximum absolute atomic E-state index is 14.1. The normalized spacial score (nSPS) is 12.5. The molecule has 0 aliphatic carbocycles. The Hall–Kier alpha value is -1.04. The second-order valence-corrected chi connectivity index (χ2v) is 5.38. The van der Waals surface area contributed by atoms with Crippen molar-refractivity contribution in [3.63, 3.8) is 0 Å². The Morgan fingerprint density at radius 1 is 1.10 bits per heavy atom. The summed E-state index contributed by atoms with van der Waals surface area (Å²) in [7, 11) is 1.49. The zero-order chi connectivity index (χ0) is 14.9. The van der Waals surface area contributed by atoms with Crippen molar-refractivity contribution in [2.45, 2.75) is 6.04 Å². The summed E-state index contributed by atoms with van der Waals surface area (Å²) in [4.78, 5) is 0. The summed E-state index contributed by atoms with van der Waals surface area (Å²) < 4.78 is 42.2. The van der Waals surface area contributed by atoms with Gasteiger partial charge in [-0.15, -0.1) is 0 Å². The van der Waals surface area contributed by atoms with E-state index in [1.807, 2.05) is 0 Å². The van der Waals surface area contributed by atoms with Crippen molar-refractivity contribution in [2.24, 2.45) is 0 Å². The molecule has 0 saturated heterocycles. The van der Waals surface area contributed by atoms with Crippen molar-refractivity contribution in [1.82, 2.24) is 5.32 Å². The Morgan fingerprint density at radius 3 is 2.45 bits per heavy atom. The fourth-order valence-corrected chi connectivity index (χ4v) is 2.53. The summed E-state index contributed by atoms with van der Waals surface area (Å²) in [5.74, 6) is -2.24. The lowest BCUT2D eigenvalue weighted by Crippen LogP contribution is -2.22. The summed E-state index contributed by atoms with van der Waals surface area (Å²) in [5, 5.41) is 2.61. The van der Waals surface area contributed by atoms with Crippen molar-refractivity contribution in [3.05, 3.63) is 68.4 Å². The van der Waals surface area contributed by atoms with Crippen LogP contribution in [0.1, 0.15) is 17.2 Å². The molecule has 0 bridgehead atoms. The van der Waals surface area contributed by atoms with Crippen LogP contribution in [0.5, 0.6) is 0 Å². The first-order valence-corrected chi connectivity index (χ1v) is 6.89. The molecule has 1 atom stereocenters. The summed E-state index contributed by atoms with van der Waals surface area (Å²) in [6, 6.07) is 5.73. The van der Waals surface area contributed by atoms with Gasteiger partial charge in [-0.2, -0.15) is 0 Å². The molecule has 1 N–H and O–H groups in total. The Bertz CT molecular complexity index is 649. The van der Waals surface area contributed by atoms with Crippen molar-refractivity contribution in [2.75, 3.05) is 7.05 Å². The number of hydrogen-bond donors (Lipinski definition) is 1. The number of nitrogens with one attached hydrogen (secondary N) is 1. The Labute approximate surface area is 127 Å². The Morgan fingerprint density at radius 2 is 1.80 bits per heavy atom. The molecular weight excluding hydrogens is 355 g/mol. The molecule has 0 amide bonds. The van der Waals surface area contributed by atoms with Crippen LogP contribution >= 0.6 is 27.5 Å². The lowest BCUT2D eigenvalue weighted by atomic mass is 9.97. The molecule has 2 aromatic rings. The van der Waals surface area contributed by atoms with Crippen LogP contribution in [0.15, 0.2) is 34.8 Å². The first kappa shape index (κ1) is 15.4. The monoisotopic (exact) mass is 363 g/mol. The van der Waals surface area contributed by atoms with Gasteiger partial charge in [0, 0.05) is 11.1 Å². The molecule has 0 aromatic heterocycles. The molecule has 2 rings (SSSR count). The SMILES string of the molecule is CNC(c1cccc(Cl)c1F)c1c(F)ccc(Br)c1F. The molecule has 0 fully saturated rings. The fourth-order valence-electron chi connectivity index (χ4n) is 2.01. The summed E-state index contributed by atoms with van der Waals surface area (Å²) in [6.07, 6.45) is 0. The van der Waals surface area contributed by atoms with Crippen molar-refractivity contribution in [3.8, 4) is 0 Å². The first-order valence-electron chi connectivity index (χ1n) is 5.72. The standard InChI is InChI=1S/C14H10BrClF3N/c1-20-14(7-3-2-4-9(16)12(7)18)11-10(17)6-5-8(15)13(11)19/h2-6,14,20H,1H3. The molecule has 1 unspecified atom stereocenters. The Kier molecular flexibility index (Phi) is 4.73. The predicted molar refractivity (Wildman–Crippen MR) is 76.4 cm³/mol. The number of halogens is 5. The minimum absolute atomic E-state index is 0.0795. The van der Waals surface area contributed by atoms with E-state index in [1.54, 1.807) is 0 Å². The second kappa shape index (κ2) is 6.16. The van der Waals surface area contributed by atoms with E-state index in [0.29, 0.717) is 0 Å². The summed E-state index contributed by atoms with van der Waals surface area (Å²) in [6.45, 7) is 0. The molecule has 2 aromatic carbocycles. The molecule has 106 valence electrons. The van der Waals surface area contributed by atoms with Crippen LogP contribution in [0.4, 0.5) is 13.2 Å². The highest BCUT2D eigenvalue weighted by molar-refractivity contribution is 9.10. The smallest absolute Gasteiger partial charge is 0.146 e. The molecule has 0 aliphatic heterocycles. The minimum atomic E-state index is -0.980. The average molecular weight is 365 g/mol. The van der Waals surface area contributed by atoms with Crippen LogP contribution in [0.25, 0.3) is 0 Å². The first-order chi connectivity index (χ1) is 9.47. The number of benzene rings is 2. The van der Waals surface area contributed by atoms with Crippen LogP contribution in [-0.4, -0.2) is 7.05 Å². The second-order valence-electron chi connectivity index (χ2n) is 4.12. The van der Waals surface area contributed by atoms with E-state index in [4.69, 9.17) is 11.6 Å². The van der Waals surface area contributed by atoms with Gasteiger partial charge < -0.3 is 5.32 Å². The third-order valence-electron chi connectivity index (χ3n) is 2.95. The van der Waals surface area contributed by atoms with Crippen molar-refractivity contribution in [1.29, 1.82) is 0 Å². The Balaban J connectivity index is 2.65. The van der Waals surface area contributed by atoms with Gasteiger partial charge >= 0.3 is 0 Å². The highest BCUT2D eigenvalue weighted by Crippen LogP contribution is 2.33. The van der Waals surface area contributed by atoms with Gasteiger partial charge in [-0.3, -0.25) is 0 Å². The molecule has 1 nitrogen and oxygen atoms in total. The quantitative estimate of drug-likeness (QED) is 0.769. The third kappa shape index (κ3) is 2.71. The van der Waals surface area contributed by atoms with Gasteiger partial charge in [-0.25, -0.2) is 13.2 Å². The molecule has 0 radical (unpaired) electrons. The molecule has 0 aliphatic rings. The van der Waals surface area contributed by atoms with Gasteiger partial charge in [0.05, 0.1) is 15.5 Å². The van der Waals surface area contributed by atoms with Crippen LogP contribution in [0.2, 0.25) is 5.02 Å². The number of rotatable bonds is 3. The summed E-state index contributed by atoms with van der Waals surface area (Å²) >= 11 is 8.71. The van der Waals surface area contributed by atoms with E-state index in [9.17, 15) is 13.2 Å². The molecule has 6 heteroatoms. The van der Waals surface area contributed by atoms with Crippen LogP contribution in [-0.2, 0) is 0 Å². The maximum Gasteiger partial charge on any atom is 0.146 e. The molecular formula is C14H10BrClF3N. The molecule has 20 heavy (non-hydrogen) atoms. The molecule has 0 spiro atoms. The van der Waals surface area contributed by atoms with Gasteiger partial charge in [-0.05, 0) is 41.2 Å². The van der Waals surface area contributed by atoms with E-state index < -0.39 is 23.5 Å². The summed E-state index contributed by atoms with van der Waals surface area (Å²) in [5.41, 5.74) is -0.182. The van der Waals surface area contributed by atoms with E-state index in [1.165, 1.54) is 31.3 Å². The van der Waals surface area contributed by atoms with E-state index in [-0.39, 0.29) is 20.6 Å². The highest BCUT2D eigenvalue weighted by atomic mass is 79.9. The lowest BCUT2D eigenvalue weighted by molar-refractivity contribution is 0.505. The van der Waals surface area contributed by atoms with E-state index in [0.717, 1.165) is 6.07 Å². The van der Waals surface area contributed by atoms with E-state index in [2.05, 4.69) is 21.2 Å². The molecule has 0 saturated carbocycles. The van der Waals surface area contributed by atoms with Crippen molar-refractivity contribution < 1.29 is 13.2 Å². The fraction of sp³-hybridized carbons (Fsp3) is 0.143. The maximum atomic E-state index is 14.1. The predicted octanol–water partition coefficient (Wildman–Crippen LogP) is 4.83. The molecule has 0 heterocycles. The highest BCUT2D eigenvalue weighted by Gasteiger charge is 2.25. The van der Waals surface area contributed by atoms with Gasteiger partial charge in [-0.1, -0.05) is 23.7 Å². The van der Waals surface area contributed by atoms with Gasteiger partial charge in [0.1, 0.15) is 17.5 Å². The minimum Gasteiger partial charge on any atom is -0.309 e. The van der Waals surface area contributed by atoms with Gasteiger partial charge in [0.15, 0.2) is 0 Å². The van der Waals surface area contributed by atoms with Gasteiger partial charge in [0.25, 0.3) is 0 Å². The van der Waals surface area contributed by atoms with Crippen LogP contribution < -0.4 is 5.32 Å². The zero-order valence-electron chi connectivity index (χ0n) is 10.4. The topological polar surface area (TPSA) is 12.0 Å². The third-order valence-corrected chi connectivity index (χ3v) is 3.85. The largest absolute Gasteiger partial charge is 0.309 e. The van der Waals surface area contributed by atoms with Gasteiger partial charge in [0.2, 0.25) is 0 Å². The van der Waals surface area contributed by atoms with Crippen molar-refractivity contribution >= 4 is 27.5 Å². The van der Waals surface area contributed by atoms with Crippen LogP contribution in [0, 0.1) is 17.5 Å². The van der Waals surface area contributed by atoms with Crippen LogP contribution in [0.3, 0.4) is 0 Å².